The van der Waals surface area contributed by atoms with Crippen molar-refractivity contribution >= 4 is 6.29 Å². The van der Waals surface area contributed by atoms with Gasteiger partial charge < -0.3 is 4.79 Å². The number of aromatic nitrogens is 1. The maximum atomic E-state index is 10.4. The molecule has 4 heteroatoms. The molecule has 0 amide bonds. The van der Waals surface area contributed by atoms with Gasteiger partial charge in [0.15, 0.2) is 0 Å². The van der Waals surface area contributed by atoms with Crippen LogP contribution in [0.5, 0.6) is 0 Å². The standard InChI is InChI=1S/C11H13N3O/c12-4-2-6-14(7-8-15)10-11-3-1-5-13-9-11/h1,3,5,8-9H,2,6-7,10H2. The molecular weight excluding hydrogens is 190 g/mol. The number of nitrogens with zero attached hydrogens (tertiary/aromatic N) is 3. The summed E-state index contributed by atoms with van der Waals surface area (Å²) in [5, 5.41) is 8.47. The quantitative estimate of drug-likeness (QED) is 0.647. The Morgan fingerprint density at radius 1 is 1.60 bits per heavy atom. The smallest absolute Gasteiger partial charge is 0.133 e. The van der Waals surface area contributed by atoms with Crippen molar-refractivity contribution in [3.63, 3.8) is 0 Å². The van der Waals surface area contributed by atoms with Crippen LogP contribution in [0.25, 0.3) is 0 Å². The van der Waals surface area contributed by atoms with Crippen LogP contribution in [0.2, 0.25) is 0 Å². The highest BCUT2D eigenvalue weighted by molar-refractivity contribution is 5.51. The van der Waals surface area contributed by atoms with Gasteiger partial charge in [0.1, 0.15) is 6.29 Å². The topological polar surface area (TPSA) is 57.0 Å². The van der Waals surface area contributed by atoms with Crippen LogP contribution in [0.15, 0.2) is 24.5 Å². The van der Waals surface area contributed by atoms with Gasteiger partial charge in [0, 0.05) is 31.9 Å². The van der Waals surface area contributed by atoms with Crippen molar-refractivity contribution in [1.82, 2.24) is 9.88 Å². The summed E-state index contributed by atoms with van der Waals surface area (Å²) in [6.07, 6.45) is 4.77. The van der Waals surface area contributed by atoms with Crippen LogP contribution in [0, 0.1) is 11.3 Å². The van der Waals surface area contributed by atoms with Gasteiger partial charge >= 0.3 is 0 Å². The van der Waals surface area contributed by atoms with Crippen LogP contribution in [0.1, 0.15) is 12.0 Å². The zero-order chi connectivity index (χ0) is 10.9. The fourth-order valence-corrected chi connectivity index (χ4v) is 1.30. The minimum absolute atomic E-state index is 0.358. The van der Waals surface area contributed by atoms with Crippen molar-refractivity contribution in [3.8, 4) is 6.07 Å². The molecule has 0 spiro atoms. The summed E-state index contributed by atoms with van der Waals surface area (Å²) in [7, 11) is 0. The predicted molar refractivity (Wildman–Crippen MR) is 55.8 cm³/mol. The molecule has 15 heavy (non-hydrogen) atoms. The summed E-state index contributed by atoms with van der Waals surface area (Å²) < 4.78 is 0. The highest BCUT2D eigenvalue weighted by Gasteiger charge is 2.04. The van der Waals surface area contributed by atoms with Gasteiger partial charge in [-0.2, -0.15) is 5.26 Å². The van der Waals surface area contributed by atoms with E-state index in [9.17, 15) is 4.79 Å². The van der Waals surface area contributed by atoms with Crippen LogP contribution in [-0.4, -0.2) is 29.3 Å². The van der Waals surface area contributed by atoms with Gasteiger partial charge in [-0.25, -0.2) is 0 Å². The van der Waals surface area contributed by atoms with Gasteiger partial charge in [-0.3, -0.25) is 9.88 Å². The zero-order valence-corrected chi connectivity index (χ0v) is 8.47. The molecule has 1 heterocycles. The zero-order valence-electron chi connectivity index (χ0n) is 8.47. The summed E-state index contributed by atoms with van der Waals surface area (Å²) in [5.41, 5.74) is 1.05. The Morgan fingerprint density at radius 3 is 3.07 bits per heavy atom. The normalized spacial score (nSPS) is 9.87. The van der Waals surface area contributed by atoms with Crippen LogP contribution < -0.4 is 0 Å². The fourth-order valence-electron chi connectivity index (χ4n) is 1.30. The maximum Gasteiger partial charge on any atom is 0.133 e. The van der Waals surface area contributed by atoms with E-state index in [1.165, 1.54) is 0 Å². The number of rotatable bonds is 6. The minimum Gasteiger partial charge on any atom is -0.302 e. The molecule has 0 bridgehead atoms. The Morgan fingerprint density at radius 2 is 2.47 bits per heavy atom. The van der Waals surface area contributed by atoms with Crippen molar-refractivity contribution in [2.75, 3.05) is 13.1 Å². The van der Waals surface area contributed by atoms with E-state index in [1.54, 1.807) is 12.4 Å². The molecule has 78 valence electrons. The first-order valence-corrected chi connectivity index (χ1v) is 4.78. The van der Waals surface area contributed by atoms with Gasteiger partial charge in [-0.05, 0) is 11.6 Å². The van der Waals surface area contributed by atoms with Crippen molar-refractivity contribution in [1.29, 1.82) is 5.26 Å². The molecule has 1 aromatic heterocycles. The van der Waals surface area contributed by atoms with Gasteiger partial charge in [0.2, 0.25) is 0 Å². The number of aldehydes is 1. The number of hydrogen-bond acceptors (Lipinski definition) is 4. The largest absolute Gasteiger partial charge is 0.302 e. The summed E-state index contributed by atoms with van der Waals surface area (Å²) in [4.78, 5) is 16.4. The summed E-state index contributed by atoms with van der Waals surface area (Å²) >= 11 is 0. The molecule has 0 aromatic carbocycles. The Hall–Kier alpha value is -1.73. The average molecular weight is 203 g/mol. The first-order chi connectivity index (χ1) is 7.36. The summed E-state index contributed by atoms with van der Waals surface area (Å²) in [6.45, 7) is 1.63. The number of carbonyl (C=O) groups excluding carboxylic acids is 1. The van der Waals surface area contributed by atoms with E-state index in [4.69, 9.17) is 5.26 Å². The SMILES string of the molecule is N#CCCN(CC=O)Cc1cccnc1. The molecule has 1 rings (SSSR count). The Labute approximate surface area is 89.2 Å². The van der Waals surface area contributed by atoms with Crippen molar-refractivity contribution in [3.05, 3.63) is 30.1 Å². The summed E-state index contributed by atoms with van der Waals surface area (Å²) in [6, 6.07) is 5.88. The molecule has 0 fully saturated rings. The molecule has 0 aliphatic heterocycles. The highest BCUT2D eigenvalue weighted by Crippen LogP contribution is 2.02. The number of nitriles is 1. The molecule has 1 aromatic rings. The Balaban J connectivity index is 2.51. The second-order valence-electron chi connectivity index (χ2n) is 3.17. The van der Waals surface area contributed by atoms with E-state index in [-0.39, 0.29) is 0 Å². The molecule has 4 nitrogen and oxygen atoms in total. The van der Waals surface area contributed by atoms with E-state index in [1.807, 2.05) is 17.0 Å². The summed E-state index contributed by atoms with van der Waals surface area (Å²) in [5.74, 6) is 0. The molecule has 0 radical (unpaired) electrons. The number of carbonyl (C=O) groups is 1. The van der Waals surface area contributed by atoms with Gasteiger partial charge in [-0.15, -0.1) is 0 Å². The Kier molecular flexibility index (Phi) is 5.06. The molecule has 0 N–H and O–H groups in total. The van der Waals surface area contributed by atoms with E-state index >= 15 is 0 Å². The van der Waals surface area contributed by atoms with Crippen molar-refractivity contribution < 1.29 is 4.79 Å². The molecular formula is C11H13N3O. The molecule has 0 saturated heterocycles. The van der Waals surface area contributed by atoms with E-state index in [2.05, 4.69) is 11.1 Å². The first-order valence-electron chi connectivity index (χ1n) is 4.78. The van der Waals surface area contributed by atoms with Crippen LogP contribution in [0.4, 0.5) is 0 Å². The third-order valence-electron chi connectivity index (χ3n) is 2.00. The highest BCUT2D eigenvalue weighted by atomic mass is 16.1. The van der Waals surface area contributed by atoms with Crippen LogP contribution in [-0.2, 0) is 11.3 Å². The second-order valence-corrected chi connectivity index (χ2v) is 3.17. The third-order valence-corrected chi connectivity index (χ3v) is 2.00. The molecule has 0 aliphatic carbocycles. The molecule has 0 aliphatic rings. The molecule has 0 atom stereocenters. The van der Waals surface area contributed by atoms with Gasteiger partial charge in [0.05, 0.1) is 12.6 Å². The Bertz CT molecular complexity index is 331. The number of hydrogen-bond donors (Lipinski definition) is 0. The van der Waals surface area contributed by atoms with E-state index < -0.39 is 0 Å². The average Bonchev–Trinajstić information content (AvgIpc) is 2.28. The van der Waals surface area contributed by atoms with Crippen LogP contribution >= 0.6 is 0 Å². The lowest BCUT2D eigenvalue weighted by molar-refractivity contribution is -0.109. The second kappa shape index (κ2) is 6.68. The maximum absolute atomic E-state index is 10.4. The molecule has 0 saturated carbocycles. The van der Waals surface area contributed by atoms with Crippen LogP contribution in [0.3, 0.4) is 0 Å². The van der Waals surface area contributed by atoms with E-state index in [0.29, 0.717) is 26.1 Å². The lowest BCUT2D eigenvalue weighted by Gasteiger charge is -2.17. The van der Waals surface area contributed by atoms with E-state index in [0.717, 1.165) is 11.8 Å². The fraction of sp³-hybridized carbons (Fsp3) is 0.364. The lowest BCUT2D eigenvalue weighted by atomic mass is 10.2. The predicted octanol–water partition coefficient (Wildman–Crippen LogP) is 0.996. The third kappa shape index (κ3) is 4.34. The molecule has 0 unspecified atom stereocenters. The van der Waals surface area contributed by atoms with Crippen molar-refractivity contribution in [2.24, 2.45) is 0 Å². The minimum atomic E-state index is 0.358. The number of pyridine rings is 1. The first kappa shape index (κ1) is 11.3. The van der Waals surface area contributed by atoms with Gasteiger partial charge in [-0.1, -0.05) is 6.07 Å². The van der Waals surface area contributed by atoms with Crippen molar-refractivity contribution in [2.45, 2.75) is 13.0 Å². The monoisotopic (exact) mass is 203 g/mol. The lowest BCUT2D eigenvalue weighted by Crippen LogP contribution is -2.26. The van der Waals surface area contributed by atoms with Gasteiger partial charge in [0.25, 0.3) is 0 Å².